The number of carbonyl (C=O) groups is 2. The summed E-state index contributed by atoms with van der Waals surface area (Å²) >= 11 is 0. The quantitative estimate of drug-likeness (QED) is 0.816. The molecule has 1 heterocycles. The summed E-state index contributed by atoms with van der Waals surface area (Å²) in [5, 5.41) is 12.0. The number of carboxylic acid groups (broad SMARTS) is 1. The zero-order valence-electron chi connectivity index (χ0n) is 12.6. The number of carboxylic acids is 1. The van der Waals surface area contributed by atoms with Crippen LogP contribution in [0.4, 0.5) is 4.79 Å². The summed E-state index contributed by atoms with van der Waals surface area (Å²) in [5.41, 5.74) is 0. The molecule has 0 radical (unpaired) electrons. The molecule has 20 heavy (non-hydrogen) atoms. The normalized spacial score (nSPS) is 37.8. The van der Waals surface area contributed by atoms with Crippen molar-refractivity contribution in [3.8, 4) is 0 Å². The van der Waals surface area contributed by atoms with E-state index in [1.165, 1.54) is 0 Å². The van der Waals surface area contributed by atoms with Gasteiger partial charge in [0, 0.05) is 18.6 Å². The molecule has 5 nitrogen and oxygen atoms in total. The minimum atomic E-state index is -0.740. The molecule has 0 aromatic carbocycles. The Kier molecular flexibility index (Phi) is 4.55. The van der Waals surface area contributed by atoms with Crippen LogP contribution >= 0.6 is 0 Å². The molecule has 0 aromatic rings. The fraction of sp³-hybridized carbons (Fsp3) is 0.867. The van der Waals surface area contributed by atoms with Gasteiger partial charge in [-0.1, -0.05) is 13.8 Å². The second-order valence-electron chi connectivity index (χ2n) is 6.71. The Morgan fingerprint density at radius 3 is 2.45 bits per heavy atom. The van der Waals surface area contributed by atoms with Gasteiger partial charge in [0.25, 0.3) is 0 Å². The maximum absolute atomic E-state index is 12.4. The van der Waals surface area contributed by atoms with Gasteiger partial charge in [-0.05, 0) is 44.4 Å². The number of nitrogens with zero attached hydrogens (tertiary/aromatic N) is 1. The van der Waals surface area contributed by atoms with Gasteiger partial charge >= 0.3 is 12.0 Å². The average molecular weight is 282 g/mol. The maximum atomic E-state index is 12.4. The summed E-state index contributed by atoms with van der Waals surface area (Å²) < 4.78 is 0. The van der Waals surface area contributed by atoms with Crippen LogP contribution in [0.3, 0.4) is 0 Å². The fourth-order valence-electron chi connectivity index (χ4n) is 3.58. The van der Waals surface area contributed by atoms with Gasteiger partial charge in [-0.3, -0.25) is 4.79 Å². The zero-order valence-corrected chi connectivity index (χ0v) is 12.6. The second-order valence-corrected chi connectivity index (χ2v) is 6.71. The Labute approximate surface area is 120 Å². The smallest absolute Gasteiger partial charge is 0.317 e. The van der Waals surface area contributed by atoms with Crippen LogP contribution in [0.5, 0.6) is 0 Å². The monoisotopic (exact) mass is 282 g/mol. The number of urea groups is 1. The van der Waals surface area contributed by atoms with Gasteiger partial charge < -0.3 is 15.3 Å². The lowest BCUT2D eigenvalue weighted by Crippen LogP contribution is -2.54. The number of likely N-dealkylation sites (tertiary alicyclic amines) is 1. The lowest BCUT2D eigenvalue weighted by Gasteiger charge is -2.41. The Morgan fingerprint density at radius 1 is 1.15 bits per heavy atom. The van der Waals surface area contributed by atoms with Crippen molar-refractivity contribution in [3.05, 3.63) is 0 Å². The summed E-state index contributed by atoms with van der Waals surface area (Å²) in [4.78, 5) is 25.3. The molecule has 114 valence electrons. The molecule has 5 atom stereocenters. The molecular weight excluding hydrogens is 256 g/mol. The van der Waals surface area contributed by atoms with E-state index in [9.17, 15) is 9.59 Å². The number of hydrogen-bond acceptors (Lipinski definition) is 2. The number of nitrogens with one attached hydrogen (secondary N) is 1. The molecule has 1 saturated carbocycles. The van der Waals surface area contributed by atoms with Crippen molar-refractivity contribution in [2.75, 3.05) is 6.54 Å². The summed E-state index contributed by atoms with van der Waals surface area (Å²) in [7, 11) is 0. The van der Waals surface area contributed by atoms with E-state index in [1.54, 1.807) is 0 Å². The van der Waals surface area contributed by atoms with Crippen molar-refractivity contribution in [1.29, 1.82) is 0 Å². The van der Waals surface area contributed by atoms with E-state index in [1.807, 2.05) is 4.90 Å². The van der Waals surface area contributed by atoms with Gasteiger partial charge in [0.05, 0.1) is 5.92 Å². The summed E-state index contributed by atoms with van der Waals surface area (Å²) in [6.45, 7) is 7.27. The first-order chi connectivity index (χ1) is 9.38. The number of amides is 2. The minimum Gasteiger partial charge on any atom is -0.481 e. The number of hydrogen-bond donors (Lipinski definition) is 2. The summed E-state index contributed by atoms with van der Waals surface area (Å²) in [6, 6.07) is 0.248. The molecule has 5 unspecified atom stereocenters. The van der Waals surface area contributed by atoms with E-state index in [2.05, 4.69) is 26.1 Å². The van der Waals surface area contributed by atoms with Crippen LogP contribution in [0.25, 0.3) is 0 Å². The standard InChI is InChI=1S/C15H26N2O3/c1-9-6-10(2)11(3)17(8-9)15(20)16-13-5-4-12(7-13)14(18)19/h9-13H,4-8H2,1-3H3,(H,16,20)(H,18,19). The lowest BCUT2D eigenvalue weighted by atomic mass is 9.86. The lowest BCUT2D eigenvalue weighted by molar-refractivity contribution is -0.141. The van der Waals surface area contributed by atoms with Crippen LogP contribution in [0, 0.1) is 17.8 Å². The van der Waals surface area contributed by atoms with E-state index >= 15 is 0 Å². The predicted molar refractivity (Wildman–Crippen MR) is 76.4 cm³/mol. The summed E-state index contributed by atoms with van der Waals surface area (Å²) in [6.07, 6.45) is 3.17. The third kappa shape index (κ3) is 3.25. The first kappa shape index (κ1) is 15.1. The number of carbonyl (C=O) groups excluding carboxylic acids is 1. The Balaban J connectivity index is 1.90. The third-order valence-corrected chi connectivity index (χ3v) is 4.97. The number of rotatable bonds is 2. The molecule has 1 aliphatic heterocycles. The van der Waals surface area contributed by atoms with Crippen LogP contribution in [-0.4, -0.2) is 40.6 Å². The van der Waals surface area contributed by atoms with Crippen LogP contribution in [0.1, 0.15) is 46.5 Å². The maximum Gasteiger partial charge on any atom is 0.317 e. The van der Waals surface area contributed by atoms with Crippen molar-refractivity contribution in [1.82, 2.24) is 10.2 Å². The Bertz CT molecular complexity index is 385. The van der Waals surface area contributed by atoms with E-state index in [0.717, 1.165) is 19.4 Å². The van der Waals surface area contributed by atoms with Crippen molar-refractivity contribution in [2.24, 2.45) is 17.8 Å². The zero-order chi connectivity index (χ0) is 14.9. The SMILES string of the molecule is CC1CC(C)C(C)N(C(=O)NC2CCC(C(=O)O)C2)C1. The minimum absolute atomic E-state index is 0.0170. The fourth-order valence-corrected chi connectivity index (χ4v) is 3.58. The topological polar surface area (TPSA) is 69.6 Å². The molecule has 0 spiro atoms. The molecule has 2 aliphatic rings. The molecule has 5 heteroatoms. The van der Waals surface area contributed by atoms with E-state index in [0.29, 0.717) is 24.7 Å². The van der Waals surface area contributed by atoms with Gasteiger partial charge in [-0.2, -0.15) is 0 Å². The van der Waals surface area contributed by atoms with Gasteiger partial charge in [0.1, 0.15) is 0 Å². The van der Waals surface area contributed by atoms with Crippen molar-refractivity contribution in [3.63, 3.8) is 0 Å². The van der Waals surface area contributed by atoms with Crippen LogP contribution < -0.4 is 5.32 Å². The first-order valence-electron chi connectivity index (χ1n) is 7.68. The van der Waals surface area contributed by atoms with Crippen molar-refractivity contribution >= 4 is 12.0 Å². The molecular formula is C15H26N2O3. The van der Waals surface area contributed by atoms with E-state index < -0.39 is 5.97 Å². The molecule has 0 aromatic heterocycles. The molecule has 2 N–H and O–H groups in total. The average Bonchev–Trinajstić information content (AvgIpc) is 2.82. The second kappa shape index (κ2) is 6.02. The Morgan fingerprint density at radius 2 is 1.85 bits per heavy atom. The largest absolute Gasteiger partial charge is 0.481 e. The van der Waals surface area contributed by atoms with Crippen LogP contribution in [-0.2, 0) is 4.79 Å². The predicted octanol–water partition coefficient (Wildman–Crippen LogP) is 2.32. The van der Waals surface area contributed by atoms with Crippen molar-refractivity contribution in [2.45, 2.75) is 58.5 Å². The highest BCUT2D eigenvalue weighted by Gasteiger charge is 2.35. The Hall–Kier alpha value is -1.26. The molecule has 0 bridgehead atoms. The number of aliphatic carboxylic acids is 1. The third-order valence-electron chi connectivity index (χ3n) is 4.97. The first-order valence-corrected chi connectivity index (χ1v) is 7.68. The molecule has 2 amide bonds. The van der Waals surface area contributed by atoms with Crippen LogP contribution in [0.2, 0.25) is 0 Å². The van der Waals surface area contributed by atoms with Crippen LogP contribution in [0.15, 0.2) is 0 Å². The highest BCUT2D eigenvalue weighted by molar-refractivity contribution is 5.75. The van der Waals surface area contributed by atoms with Crippen molar-refractivity contribution < 1.29 is 14.7 Å². The van der Waals surface area contributed by atoms with Gasteiger partial charge in [0.2, 0.25) is 0 Å². The van der Waals surface area contributed by atoms with Gasteiger partial charge in [-0.15, -0.1) is 0 Å². The highest BCUT2D eigenvalue weighted by Crippen LogP contribution is 2.29. The molecule has 1 saturated heterocycles. The van der Waals surface area contributed by atoms with Gasteiger partial charge in [0.15, 0.2) is 0 Å². The molecule has 2 fully saturated rings. The summed E-state index contributed by atoms with van der Waals surface area (Å²) in [5.74, 6) is 0.00871. The van der Waals surface area contributed by atoms with E-state index in [-0.39, 0.29) is 24.0 Å². The molecule has 2 rings (SSSR count). The molecule has 1 aliphatic carbocycles. The number of piperidine rings is 1. The highest BCUT2D eigenvalue weighted by atomic mass is 16.4. The van der Waals surface area contributed by atoms with Gasteiger partial charge in [-0.25, -0.2) is 4.79 Å². The van der Waals surface area contributed by atoms with E-state index in [4.69, 9.17) is 5.11 Å².